The molecule has 0 bridgehead atoms. The molecule has 14 heteroatoms. The SMILES string of the molecule is CCC(OC(=O)OC1CCCCC1)OC(=O)C1=C(c2cn3cnc(C(=O)CC(=O)N(C)C)c3s2)[C@H](C)[C@@H]2[C@@H]([C@@H](C)O)C(=O)N12. The maximum absolute atomic E-state index is 13.8. The summed E-state index contributed by atoms with van der Waals surface area (Å²) >= 11 is 1.20. The number of imidazole rings is 1. The highest BCUT2D eigenvalue weighted by molar-refractivity contribution is 7.18. The third kappa shape index (κ3) is 5.84. The van der Waals surface area contributed by atoms with Gasteiger partial charge in [0.2, 0.25) is 11.8 Å². The number of amides is 2. The van der Waals surface area contributed by atoms with Gasteiger partial charge in [0.05, 0.1) is 29.4 Å². The molecule has 1 saturated carbocycles. The Kier molecular flexibility index (Phi) is 9.12. The van der Waals surface area contributed by atoms with Gasteiger partial charge >= 0.3 is 12.1 Å². The van der Waals surface area contributed by atoms with E-state index in [1.54, 1.807) is 31.6 Å². The highest BCUT2D eigenvalue weighted by Crippen LogP contribution is 2.52. The molecule has 4 heterocycles. The number of ketones is 1. The summed E-state index contributed by atoms with van der Waals surface area (Å²) in [5, 5.41) is 10.4. The lowest BCUT2D eigenvalue weighted by molar-refractivity contribution is -0.176. The van der Waals surface area contributed by atoms with Crippen molar-refractivity contribution in [1.29, 1.82) is 0 Å². The topological polar surface area (TPSA) is 157 Å². The standard InChI is InChI=1S/C30H38N4O9S/c1-6-21(43-30(40)41-17-10-8-7-9-11-17)42-29(39)26-22(15(2)25-23(16(3)35)27(38)34(25)26)19-13-33-14-31-24(28(33)44-19)18(36)12-20(37)32(4)5/h13-17,21,23,25,35H,6-12H2,1-5H3/t15-,16+,21?,23+,25+/m0/s1. The summed E-state index contributed by atoms with van der Waals surface area (Å²) in [6.07, 6.45) is 4.19. The number of thiazole rings is 1. The van der Waals surface area contributed by atoms with Gasteiger partial charge in [-0.15, -0.1) is 11.3 Å². The summed E-state index contributed by atoms with van der Waals surface area (Å²) in [6.45, 7) is 5.09. The minimum absolute atomic E-state index is 0.000206. The number of carbonyl (C=O) groups excluding carboxylic acids is 5. The van der Waals surface area contributed by atoms with E-state index in [9.17, 15) is 29.1 Å². The lowest BCUT2D eigenvalue weighted by atomic mass is 9.77. The number of β-lactam (4-membered cyclic amide) rings is 1. The first kappa shape index (κ1) is 31.6. The van der Waals surface area contributed by atoms with Crippen LogP contribution in [0.15, 0.2) is 18.2 Å². The van der Waals surface area contributed by atoms with Gasteiger partial charge in [0.25, 0.3) is 6.29 Å². The number of esters is 1. The molecule has 5 rings (SSSR count). The molecule has 13 nitrogen and oxygen atoms in total. The van der Waals surface area contributed by atoms with Crippen molar-refractivity contribution in [3.63, 3.8) is 0 Å². The molecule has 2 aromatic rings. The van der Waals surface area contributed by atoms with Crippen molar-refractivity contribution in [2.75, 3.05) is 14.1 Å². The smallest absolute Gasteiger partial charge is 0.431 e. The van der Waals surface area contributed by atoms with E-state index in [0.717, 1.165) is 32.1 Å². The first-order chi connectivity index (χ1) is 20.9. The number of rotatable bonds is 10. The van der Waals surface area contributed by atoms with E-state index in [2.05, 4.69) is 4.98 Å². The van der Waals surface area contributed by atoms with Crippen LogP contribution in [0.2, 0.25) is 0 Å². The number of hydrogen-bond acceptors (Lipinski definition) is 11. The molecule has 0 radical (unpaired) electrons. The predicted molar refractivity (Wildman–Crippen MR) is 157 cm³/mol. The van der Waals surface area contributed by atoms with Gasteiger partial charge < -0.3 is 29.1 Å². The van der Waals surface area contributed by atoms with Gasteiger partial charge in [0, 0.05) is 38.2 Å². The van der Waals surface area contributed by atoms with Gasteiger partial charge in [-0.25, -0.2) is 14.6 Å². The van der Waals surface area contributed by atoms with Crippen LogP contribution in [-0.4, -0.2) is 92.6 Å². The molecule has 0 aromatic carbocycles. The van der Waals surface area contributed by atoms with Crippen LogP contribution in [0.3, 0.4) is 0 Å². The van der Waals surface area contributed by atoms with E-state index in [0.29, 0.717) is 15.3 Å². The molecular weight excluding hydrogens is 592 g/mol. The van der Waals surface area contributed by atoms with Crippen molar-refractivity contribution in [1.82, 2.24) is 19.2 Å². The fourth-order valence-electron chi connectivity index (χ4n) is 6.20. The molecule has 3 aliphatic rings. The predicted octanol–water partition coefficient (Wildman–Crippen LogP) is 3.39. The van der Waals surface area contributed by atoms with Gasteiger partial charge in [-0.3, -0.25) is 18.8 Å². The van der Waals surface area contributed by atoms with E-state index >= 15 is 0 Å². The van der Waals surface area contributed by atoms with Crippen molar-refractivity contribution in [3.05, 3.63) is 28.8 Å². The summed E-state index contributed by atoms with van der Waals surface area (Å²) in [6, 6.07) is -0.490. The fourth-order valence-corrected chi connectivity index (χ4v) is 7.43. The molecule has 2 amide bonds. The van der Waals surface area contributed by atoms with Crippen LogP contribution >= 0.6 is 11.3 Å². The number of carbonyl (C=O) groups is 5. The average molecular weight is 631 g/mol. The number of aromatic nitrogens is 2. The van der Waals surface area contributed by atoms with Crippen molar-refractivity contribution >= 4 is 51.5 Å². The van der Waals surface area contributed by atoms with Crippen LogP contribution in [0.1, 0.15) is 81.1 Å². The summed E-state index contributed by atoms with van der Waals surface area (Å²) in [7, 11) is 3.13. The number of Topliss-reactive ketones (excluding diaryl/α,β-unsaturated/α-hetero) is 1. The molecule has 2 aromatic heterocycles. The Hall–Kier alpha value is -3.78. The molecule has 1 saturated heterocycles. The number of nitrogens with zero attached hydrogens (tertiary/aromatic N) is 4. The minimum atomic E-state index is -1.24. The highest BCUT2D eigenvalue weighted by atomic mass is 32.1. The number of fused-ring (bicyclic) bond motifs is 2. The number of aliphatic hydroxyl groups excluding tert-OH is 1. The second-order valence-electron chi connectivity index (χ2n) is 11.8. The molecular formula is C30H38N4O9S. The highest BCUT2D eigenvalue weighted by Gasteiger charge is 2.60. The fraction of sp³-hybridized carbons (Fsp3) is 0.600. The summed E-state index contributed by atoms with van der Waals surface area (Å²) in [5.41, 5.74) is 0.636. The lowest BCUT2D eigenvalue weighted by Gasteiger charge is -2.46. The number of ether oxygens (including phenoxy) is 3. The van der Waals surface area contributed by atoms with E-state index in [-0.39, 0.29) is 42.2 Å². The zero-order valence-corrected chi connectivity index (χ0v) is 26.3. The van der Waals surface area contributed by atoms with E-state index in [1.807, 2.05) is 6.92 Å². The lowest BCUT2D eigenvalue weighted by Crippen LogP contribution is -2.63. The Morgan fingerprint density at radius 3 is 2.50 bits per heavy atom. The quantitative estimate of drug-likeness (QED) is 0.136. The Bertz CT molecular complexity index is 1500. The van der Waals surface area contributed by atoms with Gasteiger partial charge in [-0.2, -0.15) is 0 Å². The van der Waals surface area contributed by atoms with Crippen LogP contribution in [-0.2, 0) is 28.6 Å². The van der Waals surface area contributed by atoms with Gasteiger partial charge in [0.1, 0.15) is 28.7 Å². The summed E-state index contributed by atoms with van der Waals surface area (Å²) in [4.78, 5) is 72.5. The van der Waals surface area contributed by atoms with E-state index in [4.69, 9.17) is 14.2 Å². The minimum Gasteiger partial charge on any atom is -0.431 e. The monoisotopic (exact) mass is 630 g/mol. The van der Waals surface area contributed by atoms with E-state index < -0.39 is 48.2 Å². The molecule has 2 aliphatic heterocycles. The van der Waals surface area contributed by atoms with Crippen molar-refractivity contribution < 1.29 is 43.3 Å². The third-order valence-corrected chi connectivity index (χ3v) is 9.67. The van der Waals surface area contributed by atoms with Gasteiger partial charge in [-0.1, -0.05) is 20.3 Å². The van der Waals surface area contributed by atoms with Crippen LogP contribution < -0.4 is 0 Å². The largest absolute Gasteiger partial charge is 0.511 e. The summed E-state index contributed by atoms with van der Waals surface area (Å²) in [5.74, 6) is -3.15. The van der Waals surface area contributed by atoms with Crippen LogP contribution in [0.4, 0.5) is 4.79 Å². The third-order valence-electron chi connectivity index (χ3n) is 8.53. The average Bonchev–Trinajstić information content (AvgIpc) is 3.62. The molecule has 1 aliphatic carbocycles. The Labute approximate surface area is 258 Å². The van der Waals surface area contributed by atoms with Crippen LogP contribution in [0.5, 0.6) is 0 Å². The Morgan fingerprint density at radius 1 is 1.16 bits per heavy atom. The first-order valence-corrected chi connectivity index (χ1v) is 15.8. The molecule has 2 fully saturated rings. The molecule has 5 atom stereocenters. The second-order valence-corrected chi connectivity index (χ2v) is 12.8. The zero-order chi connectivity index (χ0) is 31.9. The van der Waals surface area contributed by atoms with Crippen molar-refractivity contribution in [3.8, 4) is 0 Å². The first-order valence-electron chi connectivity index (χ1n) is 15.0. The normalized spacial score (nSPS) is 23.2. The maximum atomic E-state index is 13.8. The molecule has 1 N–H and O–H groups in total. The van der Waals surface area contributed by atoms with Crippen molar-refractivity contribution in [2.45, 2.75) is 90.3 Å². The Morgan fingerprint density at radius 2 is 1.86 bits per heavy atom. The summed E-state index contributed by atoms with van der Waals surface area (Å²) < 4.78 is 18.0. The molecule has 44 heavy (non-hydrogen) atoms. The Balaban J connectivity index is 1.44. The van der Waals surface area contributed by atoms with Crippen LogP contribution in [0.25, 0.3) is 10.4 Å². The number of aliphatic hydroxyl groups is 1. The maximum Gasteiger partial charge on any atom is 0.511 e. The van der Waals surface area contributed by atoms with E-state index in [1.165, 1.54) is 34.4 Å². The molecule has 1 unspecified atom stereocenters. The number of hydrogen-bond donors (Lipinski definition) is 1. The van der Waals surface area contributed by atoms with Crippen LogP contribution in [0, 0.1) is 11.8 Å². The molecule has 238 valence electrons. The molecule has 0 spiro atoms. The van der Waals surface area contributed by atoms with Gasteiger partial charge in [-0.05, 0) is 32.6 Å². The van der Waals surface area contributed by atoms with Gasteiger partial charge in [0.15, 0.2) is 5.78 Å². The van der Waals surface area contributed by atoms with Crippen molar-refractivity contribution in [2.24, 2.45) is 11.8 Å². The second kappa shape index (κ2) is 12.7. The zero-order valence-electron chi connectivity index (χ0n) is 25.5.